The van der Waals surface area contributed by atoms with E-state index < -0.39 is 10.0 Å². The van der Waals surface area contributed by atoms with Gasteiger partial charge >= 0.3 is 0 Å². The fourth-order valence-corrected chi connectivity index (χ4v) is 4.33. The minimum absolute atomic E-state index is 0.0833. The van der Waals surface area contributed by atoms with Crippen molar-refractivity contribution in [3.8, 4) is 0 Å². The third kappa shape index (κ3) is 3.19. The van der Waals surface area contributed by atoms with Crippen LogP contribution >= 0.6 is 12.2 Å². The van der Waals surface area contributed by atoms with E-state index in [2.05, 4.69) is 0 Å². The van der Waals surface area contributed by atoms with Gasteiger partial charge in [0.2, 0.25) is 10.0 Å². The van der Waals surface area contributed by atoms with Gasteiger partial charge in [-0.05, 0) is 38.7 Å². The van der Waals surface area contributed by atoms with E-state index in [-0.39, 0.29) is 15.9 Å². The summed E-state index contributed by atoms with van der Waals surface area (Å²) in [4.78, 5) is 0.321. The summed E-state index contributed by atoms with van der Waals surface area (Å²) in [7, 11) is -3.57. The highest BCUT2D eigenvalue weighted by molar-refractivity contribution is 7.89. The molecule has 1 aliphatic rings. The van der Waals surface area contributed by atoms with Crippen molar-refractivity contribution in [3.63, 3.8) is 0 Å². The van der Waals surface area contributed by atoms with Crippen LogP contribution in [0.15, 0.2) is 29.2 Å². The molecule has 0 aromatic heterocycles. The fourth-order valence-electron chi connectivity index (χ4n) is 2.16. The highest BCUT2D eigenvalue weighted by Gasteiger charge is 2.34. The first-order valence-electron chi connectivity index (χ1n) is 6.74. The third-order valence-corrected chi connectivity index (χ3v) is 5.77. The Morgan fingerprint density at radius 3 is 2.50 bits per heavy atom. The molecule has 0 aliphatic heterocycles. The number of thiocarbonyl (C=S) groups is 1. The summed E-state index contributed by atoms with van der Waals surface area (Å²) in [6, 6.07) is 6.59. The molecule has 0 atom stereocenters. The molecule has 2 rings (SSSR count). The van der Waals surface area contributed by atoms with Gasteiger partial charge in [0.05, 0.1) is 4.90 Å². The zero-order chi connectivity index (χ0) is 14.9. The molecular formula is C14H20N2O2S2. The molecule has 20 heavy (non-hydrogen) atoms. The van der Waals surface area contributed by atoms with E-state index >= 15 is 0 Å². The predicted molar refractivity (Wildman–Crippen MR) is 84.1 cm³/mol. The zero-order valence-electron chi connectivity index (χ0n) is 11.7. The first-order valence-corrected chi connectivity index (χ1v) is 8.59. The zero-order valence-corrected chi connectivity index (χ0v) is 13.4. The average molecular weight is 312 g/mol. The van der Waals surface area contributed by atoms with Crippen molar-refractivity contribution in [1.82, 2.24) is 4.31 Å². The maximum absolute atomic E-state index is 12.9. The van der Waals surface area contributed by atoms with Crippen LogP contribution in [0.4, 0.5) is 0 Å². The molecule has 6 heteroatoms. The summed E-state index contributed by atoms with van der Waals surface area (Å²) >= 11 is 4.97. The number of nitrogens with two attached hydrogens (primary N) is 1. The van der Waals surface area contributed by atoms with Gasteiger partial charge in [0.25, 0.3) is 0 Å². The molecule has 0 saturated heterocycles. The van der Waals surface area contributed by atoms with Crippen LogP contribution in [0.3, 0.4) is 0 Å². The topological polar surface area (TPSA) is 63.4 Å². The minimum atomic E-state index is -3.57. The van der Waals surface area contributed by atoms with Crippen molar-refractivity contribution < 1.29 is 8.42 Å². The lowest BCUT2D eigenvalue weighted by Crippen LogP contribution is -2.39. The normalized spacial score (nSPS) is 15.8. The Bertz CT molecular complexity index is 607. The molecule has 1 aromatic carbocycles. The lowest BCUT2D eigenvalue weighted by Gasteiger charge is -2.26. The number of benzene rings is 1. The molecule has 110 valence electrons. The lowest BCUT2D eigenvalue weighted by molar-refractivity contribution is 0.341. The second-order valence-corrected chi connectivity index (χ2v) is 7.77. The Morgan fingerprint density at radius 2 is 2.00 bits per heavy atom. The number of hydrogen-bond donors (Lipinski definition) is 1. The van der Waals surface area contributed by atoms with E-state index in [1.807, 2.05) is 13.8 Å². The molecule has 1 saturated carbocycles. The number of sulfonamides is 1. The largest absolute Gasteiger partial charge is 0.389 e. The van der Waals surface area contributed by atoms with E-state index in [9.17, 15) is 8.42 Å². The third-order valence-electron chi connectivity index (χ3n) is 3.45. The molecule has 0 bridgehead atoms. The second kappa shape index (κ2) is 5.79. The van der Waals surface area contributed by atoms with E-state index in [4.69, 9.17) is 18.0 Å². The Hall–Kier alpha value is -0.980. The smallest absolute Gasteiger partial charge is 0.244 e. The quantitative estimate of drug-likeness (QED) is 0.817. The summed E-state index contributed by atoms with van der Waals surface area (Å²) in [6.45, 7) is 4.36. The molecule has 0 radical (unpaired) electrons. The maximum atomic E-state index is 12.9. The first kappa shape index (κ1) is 15.4. The van der Waals surface area contributed by atoms with Crippen molar-refractivity contribution in [3.05, 3.63) is 29.8 Å². The SMILES string of the molecule is CC(C)N(CC1CC1)S(=O)(=O)c1ccccc1C(N)=S. The lowest BCUT2D eigenvalue weighted by atomic mass is 10.2. The Kier molecular flexibility index (Phi) is 4.46. The predicted octanol–water partition coefficient (Wildman–Crippen LogP) is 2.13. The van der Waals surface area contributed by atoms with Crippen molar-refractivity contribution >= 4 is 27.2 Å². The Labute approximate surface area is 126 Å². The van der Waals surface area contributed by atoms with Gasteiger partial charge in [0.15, 0.2) is 0 Å². The minimum Gasteiger partial charge on any atom is -0.389 e. The number of nitrogens with zero attached hydrogens (tertiary/aromatic N) is 1. The van der Waals surface area contributed by atoms with Crippen molar-refractivity contribution in [2.45, 2.75) is 37.6 Å². The van der Waals surface area contributed by atoms with Gasteiger partial charge in [-0.2, -0.15) is 4.31 Å². The van der Waals surface area contributed by atoms with Crippen LogP contribution < -0.4 is 5.73 Å². The van der Waals surface area contributed by atoms with Gasteiger partial charge in [-0.25, -0.2) is 8.42 Å². The molecule has 1 aliphatic carbocycles. The van der Waals surface area contributed by atoms with Crippen molar-refractivity contribution in [2.75, 3.05) is 6.54 Å². The van der Waals surface area contributed by atoms with Crippen LogP contribution in [0.1, 0.15) is 32.3 Å². The van der Waals surface area contributed by atoms with Gasteiger partial charge in [-0.1, -0.05) is 30.4 Å². The number of hydrogen-bond acceptors (Lipinski definition) is 3. The number of rotatable bonds is 6. The van der Waals surface area contributed by atoms with Gasteiger partial charge in [0, 0.05) is 18.2 Å². The van der Waals surface area contributed by atoms with E-state index in [0.29, 0.717) is 18.0 Å². The molecule has 0 unspecified atom stereocenters. The van der Waals surface area contributed by atoms with Gasteiger partial charge in [0.1, 0.15) is 4.99 Å². The first-order chi connectivity index (χ1) is 9.34. The highest BCUT2D eigenvalue weighted by Crippen LogP contribution is 2.33. The van der Waals surface area contributed by atoms with E-state index in [1.165, 1.54) is 0 Å². The van der Waals surface area contributed by atoms with Crippen molar-refractivity contribution in [1.29, 1.82) is 0 Å². The van der Waals surface area contributed by atoms with Crippen LogP contribution in [0.25, 0.3) is 0 Å². The summed E-state index contributed by atoms with van der Waals surface area (Å²) in [5.74, 6) is 0.490. The van der Waals surface area contributed by atoms with Crippen LogP contribution in [0.5, 0.6) is 0 Å². The van der Waals surface area contributed by atoms with E-state index in [0.717, 1.165) is 12.8 Å². The summed E-state index contributed by atoms with van der Waals surface area (Å²) < 4.78 is 27.3. The molecule has 0 spiro atoms. The molecule has 0 amide bonds. The monoisotopic (exact) mass is 312 g/mol. The molecule has 1 aromatic rings. The van der Waals surface area contributed by atoms with Crippen LogP contribution in [0, 0.1) is 5.92 Å². The summed E-state index contributed by atoms with van der Waals surface area (Å²) in [5.41, 5.74) is 6.07. The average Bonchev–Trinajstić information content (AvgIpc) is 3.19. The van der Waals surface area contributed by atoms with Crippen LogP contribution in [-0.2, 0) is 10.0 Å². The van der Waals surface area contributed by atoms with Crippen LogP contribution in [-0.4, -0.2) is 30.3 Å². The fraction of sp³-hybridized carbons (Fsp3) is 0.500. The van der Waals surface area contributed by atoms with E-state index in [1.54, 1.807) is 28.6 Å². The molecule has 2 N–H and O–H groups in total. The van der Waals surface area contributed by atoms with Gasteiger partial charge in [-0.15, -0.1) is 0 Å². The molecule has 1 fully saturated rings. The Morgan fingerprint density at radius 1 is 1.40 bits per heavy atom. The second-order valence-electron chi connectivity index (χ2n) is 5.47. The molecular weight excluding hydrogens is 292 g/mol. The summed E-state index contributed by atoms with van der Waals surface area (Å²) in [5, 5.41) is 0. The van der Waals surface area contributed by atoms with Gasteiger partial charge in [-0.3, -0.25) is 0 Å². The maximum Gasteiger partial charge on any atom is 0.244 e. The molecule has 0 heterocycles. The standard InChI is InChI=1S/C14H20N2O2S2/c1-10(2)16(9-11-7-8-11)20(17,18)13-6-4-3-5-12(13)14(15)19/h3-6,10-11H,7-9H2,1-2H3,(H2,15,19). The summed E-state index contributed by atoms with van der Waals surface area (Å²) in [6.07, 6.45) is 2.21. The highest BCUT2D eigenvalue weighted by atomic mass is 32.2. The Balaban J connectivity index is 2.44. The van der Waals surface area contributed by atoms with Crippen LogP contribution in [0.2, 0.25) is 0 Å². The van der Waals surface area contributed by atoms with Crippen molar-refractivity contribution in [2.24, 2.45) is 11.7 Å². The molecule has 4 nitrogen and oxygen atoms in total. The van der Waals surface area contributed by atoms with Gasteiger partial charge < -0.3 is 5.73 Å².